The van der Waals surface area contributed by atoms with Crippen molar-refractivity contribution in [3.05, 3.63) is 29.3 Å². The number of ether oxygens (including phenoxy) is 1. The lowest BCUT2D eigenvalue weighted by Crippen LogP contribution is -2.56. The van der Waals surface area contributed by atoms with Gasteiger partial charge in [0, 0.05) is 5.92 Å². The first kappa shape index (κ1) is 24.2. The number of benzene rings is 1. The van der Waals surface area contributed by atoms with Crippen LogP contribution in [0.1, 0.15) is 37.8 Å². The second kappa shape index (κ2) is 9.97. The average molecular weight is 449 g/mol. The lowest BCUT2D eigenvalue weighted by molar-refractivity contribution is -0.135. The number of aliphatic hydroxyl groups excluding tert-OH is 2. The molecule has 32 heavy (non-hydrogen) atoms. The van der Waals surface area contributed by atoms with E-state index in [1.807, 2.05) is 19.9 Å². The number of phenols is 1. The van der Waals surface area contributed by atoms with Crippen molar-refractivity contribution in [1.82, 2.24) is 10.6 Å². The molecule has 0 spiro atoms. The van der Waals surface area contributed by atoms with Gasteiger partial charge in [0.2, 0.25) is 11.8 Å². The number of nitrogens with one attached hydrogen (secondary N) is 2. The number of ketones is 1. The first-order valence-electron chi connectivity index (χ1n) is 11.0. The fourth-order valence-electron chi connectivity index (χ4n) is 4.19. The molecule has 176 valence electrons. The van der Waals surface area contributed by atoms with Crippen LogP contribution in [0.3, 0.4) is 0 Å². The van der Waals surface area contributed by atoms with Crippen molar-refractivity contribution in [2.45, 2.75) is 57.2 Å². The molecule has 1 aliphatic carbocycles. The van der Waals surface area contributed by atoms with E-state index >= 15 is 0 Å². The van der Waals surface area contributed by atoms with Gasteiger partial charge in [0.15, 0.2) is 11.4 Å². The normalized spacial score (nSPS) is 23.7. The van der Waals surface area contributed by atoms with Gasteiger partial charge in [-0.1, -0.05) is 26.0 Å². The summed E-state index contributed by atoms with van der Waals surface area (Å²) >= 11 is 0. The number of carbonyl (C=O) groups is 3. The Kier molecular flexibility index (Phi) is 7.53. The summed E-state index contributed by atoms with van der Waals surface area (Å²) in [6.07, 6.45) is 1.83. The van der Waals surface area contributed by atoms with Crippen molar-refractivity contribution in [1.29, 1.82) is 0 Å². The molecule has 3 rings (SSSR count). The highest BCUT2D eigenvalue weighted by Crippen LogP contribution is 2.32. The topological polar surface area (TPSA) is 148 Å². The Hall–Kier alpha value is -2.49. The molecule has 4 atom stereocenters. The summed E-state index contributed by atoms with van der Waals surface area (Å²) in [5, 5.41) is 34.4. The molecule has 1 heterocycles. The van der Waals surface area contributed by atoms with E-state index in [9.17, 15) is 29.7 Å². The molecule has 0 saturated carbocycles. The van der Waals surface area contributed by atoms with Gasteiger partial charge in [0.1, 0.15) is 11.8 Å². The molecule has 0 aromatic heterocycles. The number of aliphatic hydroxyl groups is 2. The van der Waals surface area contributed by atoms with Crippen molar-refractivity contribution in [3.8, 4) is 5.75 Å². The maximum Gasteiger partial charge on any atom is 0.245 e. The number of Topliss-reactive ketones (excluding diaryl/α,β-unsaturated/α-hetero) is 1. The summed E-state index contributed by atoms with van der Waals surface area (Å²) in [6.45, 7) is 2.82. The Morgan fingerprint density at radius 1 is 1.19 bits per heavy atom. The van der Waals surface area contributed by atoms with Gasteiger partial charge in [0.05, 0.1) is 25.9 Å². The Balaban J connectivity index is 1.63. The zero-order valence-electron chi connectivity index (χ0n) is 18.5. The second-order valence-electron chi connectivity index (χ2n) is 9.09. The molecule has 2 aliphatic rings. The lowest BCUT2D eigenvalue weighted by atomic mass is 9.83. The number of hydrogen-bond acceptors (Lipinski definition) is 7. The Bertz CT molecular complexity index is 866. The van der Waals surface area contributed by atoms with Gasteiger partial charge in [-0.2, -0.15) is 0 Å². The first-order chi connectivity index (χ1) is 15.2. The highest BCUT2D eigenvalue weighted by atomic mass is 16.6. The van der Waals surface area contributed by atoms with Crippen molar-refractivity contribution >= 4 is 17.6 Å². The van der Waals surface area contributed by atoms with Gasteiger partial charge < -0.3 is 30.7 Å². The minimum Gasteiger partial charge on any atom is -0.508 e. The van der Waals surface area contributed by atoms with Crippen LogP contribution in [0.25, 0.3) is 0 Å². The molecule has 9 heteroatoms. The molecule has 1 aromatic carbocycles. The number of amides is 2. The lowest BCUT2D eigenvalue weighted by Gasteiger charge is -2.27. The third kappa shape index (κ3) is 5.28. The summed E-state index contributed by atoms with van der Waals surface area (Å²) in [5.41, 5.74) is 0.456. The van der Waals surface area contributed by atoms with Crippen LogP contribution >= 0.6 is 0 Å². The predicted molar refractivity (Wildman–Crippen MR) is 115 cm³/mol. The molecule has 4 unspecified atom stereocenters. The zero-order valence-corrected chi connectivity index (χ0v) is 18.5. The smallest absolute Gasteiger partial charge is 0.245 e. The molecule has 5 N–H and O–H groups in total. The Morgan fingerprint density at radius 2 is 1.91 bits per heavy atom. The van der Waals surface area contributed by atoms with Crippen LogP contribution in [0.15, 0.2) is 18.2 Å². The van der Waals surface area contributed by atoms with Crippen LogP contribution in [-0.2, 0) is 32.0 Å². The Morgan fingerprint density at radius 3 is 2.50 bits per heavy atom. The van der Waals surface area contributed by atoms with Crippen LogP contribution in [-0.4, -0.2) is 70.4 Å². The quantitative estimate of drug-likeness (QED) is 0.312. The van der Waals surface area contributed by atoms with Crippen LogP contribution < -0.4 is 10.6 Å². The van der Waals surface area contributed by atoms with Crippen LogP contribution in [0, 0.1) is 11.8 Å². The molecule has 1 fully saturated rings. The molecule has 0 bridgehead atoms. The predicted octanol–water partition coefficient (Wildman–Crippen LogP) is -0.164. The van der Waals surface area contributed by atoms with Crippen molar-refractivity contribution in [2.75, 3.05) is 19.8 Å². The third-order valence-corrected chi connectivity index (χ3v) is 6.18. The fraction of sp³-hybridized carbons (Fsp3) is 0.609. The molecule has 1 aromatic rings. The maximum atomic E-state index is 12.8. The summed E-state index contributed by atoms with van der Waals surface area (Å²) in [5.74, 6) is -1.53. The van der Waals surface area contributed by atoms with Crippen LogP contribution in [0.2, 0.25) is 0 Å². The second-order valence-corrected chi connectivity index (χ2v) is 9.09. The summed E-state index contributed by atoms with van der Waals surface area (Å²) < 4.78 is 5.13. The van der Waals surface area contributed by atoms with Gasteiger partial charge >= 0.3 is 0 Å². The summed E-state index contributed by atoms with van der Waals surface area (Å²) in [4.78, 5) is 38.4. The van der Waals surface area contributed by atoms with Crippen molar-refractivity contribution in [3.63, 3.8) is 0 Å². The van der Waals surface area contributed by atoms with E-state index in [-0.39, 0.29) is 24.2 Å². The highest BCUT2D eigenvalue weighted by Gasteiger charge is 2.54. The third-order valence-electron chi connectivity index (χ3n) is 6.18. The zero-order chi connectivity index (χ0) is 23.5. The average Bonchev–Trinajstić information content (AvgIpc) is 3.57. The standard InChI is InChI=1S/C23H32N2O7/c1-13(2)8-17(20(29)23(11-27)12-32-23)24-22(31)18(10-26)25-21(30)15-6-7-16-14(9-15)4-3-5-19(16)28/h3-5,13,15,17-18,26-28H,6-12H2,1-2H3,(H,24,31)(H,25,30). The molecule has 0 radical (unpaired) electrons. The van der Waals surface area contributed by atoms with Crippen molar-refractivity contribution in [2.24, 2.45) is 11.8 Å². The van der Waals surface area contributed by atoms with E-state index in [1.54, 1.807) is 12.1 Å². The minimum atomic E-state index is -1.27. The fourth-order valence-corrected chi connectivity index (χ4v) is 4.19. The van der Waals surface area contributed by atoms with E-state index in [0.29, 0.717) is 25.7 Å². The van der Waals surface area contributed by atoms with Gasteiger partial charge in [-0.05, 0) is 48.8 Å². The molecule has 2 amide bonds. The number of aromatic hydroxyl groups is 1. The molecular formula is C23H32N2O7. The highest BCUT2D eigenvalue weighted by molar-refractivity contribution is 5.98. The molecular weight excluding hydrogens is 416 g/mol. The van der Waals surface area contributed by atoms with Gasteiger partial charge in [0.25, 0.3) is 0 Å². The van der Waals surface area contributed by atoms with Gasteiger partial charge in [-0.3, -0.25) is 14.4 Å². The minimum absolute atomic E-state index is 0.0830. The van der Waals surface area contributed by atoms with Crippen LogP contribution in [0.5, 0.6) is 5.75 Å². The van der Waals surface area contributed by atoms with E-state index in [0.717, 1.165) is 11.1 Å². The first-order valence-corrected chi connectivity index (χ1v) is 11.0. The summed E-state index contributed by atoms with van der Waals surface area (Å²) in [7, 11) is 0. The molecule has 1 aliphatic heterocycles. The van der Waals surface area contributed by atoms with Crippen molar-refractivity contribution < 1.29 is 34.4 Å². The van der Waals surface area contributed by atoms with E-state index in [4.69, 9.17) is 4.74 Å². The number of carbonyl (C=O) groups excluding carboxylic acids is 3. The monoisotopic (exact) mass is 448 g/mol. The molecule has 9 nitrogen and oxygen atoms in total. The van der Waals surface area contributed by atoms with Gasteiger partial charge in [-0.25, -0.2) is 0 Å². The maximum absolute atomic E-state index is 12.8. The number of phenolic OH excluding ortho intramolecular Hbond substituents is 1. The number of epoxide rings is 1. The largest absolute Gasteiger partial charge is 0.508 e. The SMILES string of the molecule is CC(C)CC(NC(=O)C(CO)NC(=O)C1CCc2c(O)cccc2C1)C(=O)C1(CO)CO1. The number of hydrogen-bond donors (Lipinski definition) is 5. The Labute approximate surface area is 187 Å². The molecule has 1 saturated heterocycles. The van der Waals surface area contributed by atoms with Crippen LogP contribution in [0.4, 0.5) is 0 Å². The van der Waals surface area contributed by atoms with E-state index < -0.39 is 48.5 Å². The van der Waals surface area contributed by atoms with E-state index in [1.165, 1.54) is 0 Å². The van der Waals surface area contributed by atoms with E-state index in [2.05, 4.69) is 10.6 Å². The number of fused-ring (bicyclic) bond motifs is 1. The number of rotatable bonds is 10. The van der Waals surface area contributed by atoms with Gasteiger partial charge in [-0.15, -0.1) is 0 Å². The summed E-state index contributed by atoms with van der Waals surface area (Å²) in [6, 6.07) is 3.11.